The van der Waals surface area contributed by atoms with Crippen molar-refractivity contribution in [3.8, 4) is 0 Å². The number of carbonyl (C=O) groups is 1. The lowest BCUT2D eigenvalue weighted by molar-refractivity contribution is 0.0937. The Hall–Kier alpha value is -2.19. The third-order valence-electron chi connectivity index (χ3n) is 5.10. The summed E-state index contributed by atoms with van der Waals surface area (Å²) >= 11 is 0. The van der Waals surface area contributed by atoms with Crippen molar-refractivity contribution in [3.63, 3.8) is 0 Å². The van der Waals surface area contributed by atoms with Gasteiger partial charge in [0.2, 0.25) is 15.5 Å². The second kappa shape index (κ2) is 7.44. The van der Waals surface area contributed by atoms with Crippen LogP contribution in [-0.2, 0) is 17.1 Å². The van der Waals surface area contributed by atoms with Crippen LogP contribution in [0.5, 0.6) is 0 Å². The van der Waals surface area contributed by atoms with Crippen molar-refractivity contribution in [2.75, 3.05) is 13.1 Å². The quantitative estimate of drug-likeness (QED) is 0.842. The summed E-state index contributed by atoms with van der Waals surface area (Å²) in [6.07, 6.45) is 3.93. The summed E-state index contributed by atoms with van der Waals surface area (Å²) in [7, 11) is -1.90. The lowest BCUT2D eigenvalue weighted by atomic mass is 10.1. The molecule has 1 unspecified atom stereocenters. The molecular weight excluding hydrogens is 366 g/mol. The summed E-state index contributed by atoms with van der Waals surface area (Å²) in [6, 6.07) is 4.48. The SMILES string of the molecule is CCC(C)NC(=O)c1cn(C)c2ccc(S(=O)(=O)N3CCCC3)cc2c1=O. The average Bonchev–Trinajstić information content (AvgIpc) is 3.19. The molecule has 3 rings (SSSR count). The number of amides is 1. The first-order chi connectivity index (χ1) is 12.8. The fourth-order valence-corrected chi connectivity index (χ4v) is 4.82. The molecule has 1 aliphatic rings. The van der Waals surface area contributed by atoms with Crippen molar-refractivity contribution in [2.24, 2.45) is 7.05 Å². The van der Waals surface area contributed by atoms with Gasteiger partial charge < -0.3 is 9.88 Å². The molecule has 1 atom stereocenters. The van der Waals surface area contributed by atoms with Crippen LogP contribution in [0.3, 0.4) is 0 Å². The fourth-order valence-electron chi connectivity index (χ4n) is 3.27. The smallest absolute Gasteiger partial charge is 0.256 e. The van der Waals surface area contributed by atoms with E-state index in [1.54, 1.807) is 17.7 Å². The Balaban J connectivity index is 2.11. The number of pyridine rings is 1. The van der Waals surface area contributed by atoms with E-state index in [4.69, 9.17) is 0 Å². The summed E-state index contributed by atoms with van der Waals surface area (Å²) in [5.74, 6) is -0.445. The van der Waals surface area contributed by atoms with Crippen LogP contribution in [0.15, 0.2) is 34.1 Å². The van der Waals surface area contributed by atoms with Crippen LogP contribution in [0.1, 0.15) is 43.5 Å². The molecule has 1 aromatic carbocycles. The molecule has 1 aliphatic heterocycles. The van der Waals surface area contributed by atoms with Gasteiger partial charge in [0.05, 0.1) is 10.4 Å². The summed E-state index contributed by atoms with van der Waals surface area (Å²) in [4.78, 5) is 25.5. The largest absolute Gasteiger partial charge is 0.350 e. The zero-order valence-electron chi connectivity index (χ0n) is 15.9. The molecule has 1 saturated heterocycles. The standard InChI is InChI=1S/C19H25N3O4S/c1-4-13(2)20-19(24)16-12-21(3)17-8-7-14(11-15(17)18(16)23)27(25,26)22-9-5-6-10-22/h7-8,11-13H,4-6,9-10H2,1-3H3,(H,20,24). The van der Waals surface area contributed by atoms with Crippen molar-refractivity contribution in [1.29, 1.82) is 0 Å². The maximum absolute atomic E-state index is 12.9. The summed E-state index contributed by atoms with van der Waals surface area (Å²) in [5, 5.41) is 3.02. The Morgan fingerprint density at radius 2 is 1.93 bits per heavy atom. The van der Waals surface area contributed by atoms with E-state index in [0.29, 0.717) is 18.6 Å². The predicted octanol–water partition coefficient (Wildman–Crippen LogP) is 1.85. The summed E-state index contributed by atoms with van der Waals surface area (Å²) in [6.45, 7) is 4.80. The Labute approximate surface area is 159 Å². The minimum atomic E-state index is -3.63. The van der Waals surface area contributed by atoms with Gasteiger partial charge in [-0.1, -0.05) is 6.92 Å². The molecule has 2 aromatic rings. The minimum Gasteiger partial charge on any atom is -0.350 e. The highest BCUT2D eigenvalue weighted by molar-refractivity contribution is 7.89. The molecule has 7 nitrogen and oxygen atoms in total. The Bertz CT molecular complexity index is 1040. The molecule has 0 saturated carbocycles. The van der Waals surface area contributed by atoms with E-state index in [0.717, 1.165) is 19.3 Å². The number of hydrogen-bond donors (Lipinski definition) is 1. The maximum Gasteiger partial charge on any atom is 0.256 e. The van der Waals surface area contributed by atoms with Gasteiger partial charge >= 0.3 is 0 Å². The lowest BCUT2D eigenvalue weighted by Gasteiger charge is -2.17. The van der Waals surface area contributed by atoms with Gasteiger partial charge in [0, 0.05) is 37.8 Å². The average molecular weight is 391 g/mol. The predicted molar refractivity (Wildman–Crippen MR) is 104 cm³/mol. The molecule has 27 heavy (non-hydrogen) atoms. The second-order valence-electron chi connectivity index (χ2n) is 7.06. The number of hydrogen-bond acceptors (Lipinski definition) is 4. The van der Waals surface area contributed by atoms with Crippen LogP contribution < -0.4 is 10.7 Å². The van der Waals surface area contributed by atoms with E-state index in [1.807, 2.05) is 13.8 Å². The Kier molecular flexibility index (Phi) is 5.39. The zero-order valence-corrected chi connectivity index (χ0v) is 16.7. The Morgan fingerprint density at radius 3 is 2.56 bits per heavy atom. The molecule has 1 amide bonds. The normalized spacial score (nSPS) is 16.6. The third-order valence-corrected chi connectivity index (χ3v) is 6.99. The van der Waals surface area contributed by atoms with Gasteiger partial charge in [0.15, 0.2) is 0 Å². The van der Waals surface area contributed by atoms with Gasteiger partial charge in [-0.15, -0.1) is 0 Å². The number of carbonyl (C=O) groups excluding carboxylic acids is 1. The van der Waals surface area contributed by atoms with Crippen molar-refractivity contribution >= 4 is 26.8 Å². The fraction of sp³-hybridized carbons (Fsp3) is 0.474. The molecule has 1 fully saturated rings. The number of fused-ring (bicyclic) bond motifs is 1. The zero-order chi connectivity index (χ0) is 19.8. The van der Waals surface area contributed by atoms with Crippen LogP contribution >= 0.6 is 0 Å². The number of sulfonamides is 1. The highest BCUT2D eigenvalue weighted by Crippen LogP contribution is 2.23. The van der Waals surface area contributed by atoms with E-state index < -0.39 is 21.4 Å². The number of nitrogens with one attached hydrogen (secondary N) is 1. The molecular formula is C19H25N3O4S. The van der Waals surface area contributed by atoms with Crippen LogP contribution in [0.2, 0.25) is 0 Å². The molecule has 0 radical (unpaired) electrons. The van der Waals surface area contributed by atoms with Gasteiger partial charge in [0.25, 0.3) is 5.91 Å². The first-order valence-corrected chi connectivity index (χ1v) is 10.6. The molecule has 8 heteroatoms. The van der Waals surface area contributed by atoms with E-state index in [2.05, 4.69) is 5.32 Å². The molecule has 0 spiro atoms. The first-order valence-electron chi connectivity index (χ1n) is 9.20. The lowest BCUT2D eigenvalue weighted by Crippen LogP contribution is -2.35. The van der Waals surface area contributed by atoms with Gasteiger partial charge in [0.1, 0.15) is 5.56 Å². The second-order valence-corrected chi connectivity index (χ2v) is 8.99. The maximum atomic E-state index is 12.9. The highest BCUT2D eigenvalue weighted by Gasteiger charge is 2.28. The summed E-state index contributed by atoms with van der Waals surface area (Å²) in [5.41, 5.74) is 0.142. The van der Waals surface area contributed by atoms with Crippen LogP contribution in [0, 0.1) is 0 Å². The molecule has 146 valence electrons. The molecule has 2 heterocycles. The summed E-state index contributed by atoms with van der Waals surface area (Å²) < 4.78 is 28.7. The van der Waals surface area contributed by atoms with Crippen molar-refractivity contribution in [3.05, 3.63) is 40.2 Å². The number of nitrogens with zero attached hydrogens (tertiary/aromatic N) is 2. The third kappa shape index (κ3) is 3.64. The van der Waals surface area contributed by atoms with Crippen LogP contribution in [0.4, 0.5) is 0 Å². The molecule has 0 bridgehead atoms. The van der Waals surface area contributed by atoms with E-state index in [1.165, 1.54) is 22.6 Å². The Morgan fingerprint density at radius 1 is 1.26 bits per heavy atom. The van der Waals surface area contributed by atoms with Crippen molar-refractivity contribution < 1.29 is 13.2 Å². The highest BCUT2D eigenvalue weighted by atomic mass is 32.2. The monoisotopic (exact) mass is 391 g/mol. The molecule has 1 N–H and O–H groups in total. The van der Waals surface area contributed by atoms with Gasteiger partial charge in [-0.05, 0) is 44.4 Å². The topological polar surface area (TPSA) is 88.5 Å². The van der Waals surface area contributed by atoms with Gasteiger partial charge in [-0.2, -0.15) is 4.31 Å². The minimum absolute atomic E-state index is 0.0148. The van der Waals surface area contributed by atoms with E-state index >= 15 is 0 Å². The van der Waals surface area contributed by atoms with E-state index in [9.17, 15) is 18.0 Å². The van der Waals surface area contributed by atoms with Gasteiger partial charge in [-0.3, -0.25) is 9.59 Å². The number of rotatable bonds is 5. The number of aromatic nitrogens is 1. The number of benzene rings is 1. The van der Waals surface area contributed by atoms with Crippen LogP contribution in [-0.4, -0.2) is 42.3 Å². The first kappa shape index (κ1) is 19.6. The van der Waals surface area contributed by atoms with Gasteiger partial charge in [-0.25, -0.2) is 8.42 Å². The molecule has 0 aliphatic carbocycles. The van der Waals surface area contributed by atoms with Crippen molar-refractivity contribution in [2.45, 2.75) is 44.0 Å². The number of aryl methyl sites for hydroxylation is 1. The van der Waals surface area contributed by atoms with Crippen molar-refractivity contribution in [1.82, 2.24) is 14.2 Å². The molecule has 1 aromatic heterocycles. The van der Waals surface area contributed by atoms with E-state index in [-0.39, 0.29) is 21.9 Å². The van der Waals surface area contributed by atoms with Crippen LogP contribution in [0.25, 0.3) is 10.9 Å².